The average Bonchev–Trinajstić information content (AvgIpc) is 3.13. The molecule has 3 heterocycles. The first-order valence-electron chi connectivity index (χ1n) is 7.20. The van der Waals surface area contributed by atoms with Crippen molar-refractivity contribution in [3.63, 3.8) is 0 Å². The monoisotopic (exact) mass is 302 g/mol. The minimum atomic E-state index is -0.272. The van der Waals surface area contributed by atoms with Crippen LogP contribution in [0.15, 0.2) is 35.4 Å². The molecule has 1 amide bonds. The van der Waals surface area contributed by atoms with Crippen LogP contribution >= 0.6 is 0 Å². The third-order valence-corrected chi connectivity index (χ3v) is 3.89. The Morgan fingerprint density at radius 1 is 1.55 bits per heavy atom. The van der Waals surface area contributed by atoms with E-state index in [9.17, 15) is 9.59 Å². The zero-order valence-electron chi connectivity index (χ0n) is 12.3. The van der Waals surface area contributed by atoms with E-state index >= 15 is 0 Å². The fraction of sp³-hybridized carbons (Fsp3) is 0.400. The van der Waals surface area contributed by atoms with Crippen molar-refractivity contribution in [3.8, 4) is 0 Å². The van der Waals surface area contributed by atoms with Gasteiger partial charge in [-0.3, -0.25) is 14.3 Å². The van der Waals surface area contributed by atoms with E-state index in [-0.39, 0.29) is 23.5 Å². The number of carbonyl (C=O) groups is 1. The molecule has 2 atom stereocenters. The number of aromatic amines is 1. The molecule has 0 aromatic carbocycles. The number of pyridine rings is 1. The first-order valence-corrected chi connectivity index (χ1v) is 7.20. The topological polar surface area (TPSA) is 89.0 Å². The predicted octanol–water partition coefficient (Wildman–Crippen LogP) is 0.502. The Bertz CT molecular complexity index is 721. The van der Waals surface area contributed by atoms with Gasteiger partial charge < -0.3 is 15.0 Å². The van der Waals surface area contributed by atoms with Gasteiger partial charge in [0.05, 0.1) is 11.6 Å². The van der Waals surface area contributed by atoms with E-state index < -0.39 is 0 Å². The van der Waals surface area contributed by atoms with Crippen LogP contribution in [0.25, 0.3) is 0 Å². The van der Waals surface area contributed by atoms with Gasteiger partial charge in [-0.05, 0) is 24.1 Å². The molecule has 22 heavy (non-hydrogen) atoms. The zero-order chi connectivity index (χ0) is 15.5. The van der Waals surface area contributed by atoms with Crippen molar-refractivity contribution in [2.45, 2.75) is 19.1 Å². The van der Waals surface area contributed by atoms with Crippen molar-refractivity contribution in [2.24, 2.45) is 13.0 Å². The second kappa shape index (κ2) is 6.15. The molecule has 0 aliphatic carbocycles. The summed E-state index contributed by atoms with van der Waals surface area (Å²) in [4.78, 5) is 26.2. The maximum Gasteiger partial charge on any atom is 0.248 e. The van der Waals surface area contributed by atoms with Crippen molar-refractivity contribution in [1.82, 2.24) is 20.1 Å². The second-order valence-electron chi connectivity index (χ2n) is 5.35. The summed E-state index contributed by atoms with van der Waals surface area (Å²) >= 11 is 0. The third-order valence-electron chi connectivity index (χ3n) is 3.89. The van der Waals surface area contributed by atoms with Crippen LogP contribution in [0.3, 0.4) is 0 Å². The van der Waals surface area contributed by atoms with Crippen molar-refractivity contribution in [2.75, 3.05) is 6.61 Å². The summed E-state index contributed by atoms with van der Waals surface area (Å²) < 4.78 is 7.44. The van der Waals surface area contributed by atoms with Crippen LogP contribution < -0.4 is 10.9 Å². The quantitative estimate of drug-likeness (QED) is 0.861. The number of nitrogens with zero attached hydrogens (tertiary/aromatic N) is 2. The third kappa shape index (κ3) is 2.94. The molecule has 0 spiro atoms. The lowest BCUT2D eigenvalue weighted by Gasteiger charge is -2.18. The molecule has 2 N–H and O–H groups in total. The van der Waals surface area contributed by atoms with Crippen molar-refractivity contribution in [3.05, 3.63) is 52.2 Å². The number of carbonyl (C=O) groups excluding carboxylic acids is 1. The minimum Gasteiger partial charge on any atom is -0.371 e. The number of ether oxygens (including phenoxy) is 1. The van der Waals surface area contributed by atoms with Gasteiger partial charge in [0.15, 0.2) is 0 Å². The summed E-state index contributed by atoms with van der Waals surface area (Å²) in [6.07, 6.45) is 3.67. The Morgan fingerprint density at radius 2 is 2.41 bits per heavy atom. The summed E-state index contributed by atoms with van der Waals surface area (Å²) in [5.41, 5.74) is 1.49. The molecule has 2 aromatic heterocycles. The molecule has 1 fully saturated rings. The normalized spacial score (nSPS) is 21.0. The molecule has 1 saturated heterocycles. The Hall–Kier alpha value is -2.41. The molecule has 2 aromatic rings. The molecule has 7 nitrogen and oxygen atoms in total. The predicted molar refractivity (Wildman–Crippen MR) is 78.9 cm³/mol. The molecule has 3 rings (SSSR count). The van der Waals surface area contributed by atoms with Gasteiger partial charge in [-0.1, -0.05) is 0 Å². The van der Waals surface area contributed by atoms with Gasteiger partial charge in [-0.15, -0.1) is 0 Å². The maximum atomic E-state index is 12.4. The van der Waals surface area contributed by atoms with Gasteiger partial charge in [0.2, 0.25) is 11.5 Å². The van der Waals surface area contributed by atoms with E-state index in [0.29, 0.717) is 19.6 Å². The number of aryl methyl sites for hydroxylation is 1. The molecular formula is C15H18N4O3. The molecule has 0 bridgehead atoms. The fourth-order valence-electron chi connectivity index (χ4n) is 2.73. The van der Waals surface area contributed by atoms with Crippen LogP contribution in [0.4, 0.5) is 0 Å². The Balaban J connectivity index is 1.66. The molecule has 0 saturated carbocycles. The highest BCUT2D eigenvalue weighted by Gasteiger charge is 2.36. The summed E-state index contributed by atoms with van der Waals surface area (Å²) in [5.74, 6) is -0.304. The van der Waals surface area contributed by atoms with Crippen LogP contribution in [-0.2, 0) is 23.1 Å². The van der Waals surface area contributed by atoms with Gasteiger partial charge in [0, 0.05) is 38.7 Å². The number of amides is 1. The summed E-state index contributed by atoms with van der Waals surface area (Å²) in [5, 5.41) is 7.00. The lowest BCUT2D eigenvalue weighted by molar-refractivity contribution is -0.127. The fourth-order valence-corrected chi connectivity index (χ4v) is 2.73. The smallest absolute Gasteiger partial charge is 0.248 e. The zero-order valence-corrected chi connectivity index (χ0v) is 12.3. The molecule has 0 radical (unpaired) electrons. The molecule has 116 valence electrons. The van der Waals surface area contributed by atoms with E-state index in [1.54, 1.807) is 23.1 Å². The molecular weight excluding hydrogens is 284 g/mol. The lowest BCUT2D eigenvalue weighted by Crippen LogP contribution is -2.32. The van der Waals surface area contributed by atoms with Gasteiger partial charge in [0.25, 0.3) is 0 Å². The molecule has 1 aliphatic rings. The Labute approximate surface area is 127 Å². The lowest BCUT2D eigenvalue weighted by atomic mass is 9.98. The van der Waals surface area contributed by atoms with Crippen molar-refractivity contribution in [1.29, 1.82) is 0 Å². The molecule has 1 aliphatic heterocycles. The first-order chi connectivity index (χ1) is 10.6. The highest BCUT2D eigenvalue weighted by atomic mass is 16.5. The van der Waals surface area contributed by atoms with Gasteiger partial charge in [-0.25, -0.2) is 0 Å². The molecule has 7 heteroatoms. The van der Waals surface area contributed by atoms with Gasteiger partial charge >= 0.3 is 0 Å². The van der Waals surface area contributed by atoms with Crippen LogP contribution in [-0.4, -0.2) is 27.3 Å². The minimum absolute atomic E-state index is 0.0658. The summed E-state index contributed by atoms with van der Waals surface area (Å²) in [6.45, 7) is 0.885. The maximum absolute atomic E-state index is 12.4. The molecule has 0 unspecified atom stereocenters. The van der Waals surface area contributed by atoms with Gasteiger partial charge in [-0.2, -0.15) is 5.10 Å². The van der Waals surface area contributed by atoms with Crippen LogP contribution in [0.1, 0.15) is 23.8 Å². The van der Waals surface area contributed by atoms with Crippen molar-refractivity contribution >= 4 is 5.91 Å². The summed E-state index contributed by atoms with van der Waals surface area (Å²) in [7, 11) is 1.84. The van der Waals surface area contributed by atoms with Crippen LogP contribution in [0.2, 0.25) is 0 Å². The first kappa shape index (κ1) is 14.5. The van der Waals surface area contributed by atoms with Gasteiger partial charge in [0.1, 0.15) is 6.10 Å². The number of aromatic nitrogens is 3. The number of H-pyrrole nitrogens is 1. The van der Waals surface area contributed by atoms with E-state index in [0.717, 1.165) is 11.3 Å². The largest absolute Gasteiger partial charge is 0.371 e. The summed E-state index contributed by atoms with van der Waals surface area (Å²) in [6, 6.07) is 5.11. The highest BCUT2D eigenvalue weighted by Crippen LogP contribution is 2.34. The van der Waals surface area contributed by atoms with Crippen molar-refractivity contribution < 1.29 is 9.53 Å². The highest BCUT2D eigenvalue weighted by molar-refractivity contribution is 5.79. The van der Waals surface area contributed by atoms with Crippen LogP contribution in [0, 0.1) is 5.92 Å². The average molecular weight is 302 g/mol. The second-order valence-corrected chi connectivity index (χ2v) is 5.35. The number of rotatable bonds is 4. The van der Waals surface area contributed by atoms with E-state index in [1.165, 1.54) is 6.07 Å². The standard InChI is InChI=1S/C15H18N4O3/c1-19-12(3-6-18-19)14-11(4-7-22-14)15(21)17-9-10-2-5-16-13(20)8-10/h2-3,5-6,8,11,14H,4,7,9H2,1H3,(H,16,20)(H,17,21)/t11-,14-/m1/s1. The number of hydrogen-bond acceptors (Lipinski definition) is 4. The number of hydrogen-bond donors (Lipinski definition) is 2. The number of nitrogens with one attached hydrogen (secondary N) is 2. The SMILES string of the molecule is Cn1nccc1[C@@H]1OCC[C@H]1C(=O)NCc1cc[nH]c(=O)c1. The van der Waals surface area contributed by atoms with E-state index in [4.69, 9.17) is 4.74 Å². The van der Waals surface area contributed by atoms with Crippen LogP contribution in [0.5, 0.6) is 0 Å². The Kier molecular flexibility index (Phi) is 4.06. The van der Waals surface area contributed by atoms with E-state index in [2.05, 4.69) is 15.4 Å². The Morgan fingerprint density at radius 3 is 3.14 bits per heavy atom. The van der Waals surface area contributed by atoms with E-state index in [1.807, 2.05) is 13.1 Å².